The minimum Gasteiger partial charge on any atom is -0.471 e. The molecule has 0 bridgehead atoms. The summed E-state index contributed by atoms with van der Waals surface area (Å²) in [6.45, 7) is 9.71. The average molecular weight is 332 g/mol. The molecule has 0 N–H and O–H groups in total. The van der Waals surface area contributed by atoms with Gasteiger partial charge in [0.15, 0.2) is 0 Å². The lowest BCUT2D eigenvalue weighted by molar-refractivity contribution is 0.126. The first kappa shape index (κ1) is 15.7. The van der Waals surface area contributed by atoms with Gasteiger partial charge in [0.25, 0.3) is 0 Å². The largest absolute Gasteiger partial charge is 0.471 e. The van der Waals surface area contributed by atoms with E-state index in [0.29, 0.717) is 5.88 Å². The van der Waals surface area contributed by atoms with Crippen molar-refractivity contribution in [2.45, 2.75) is 40.2 Å². The van der Waals surface area contributed by atoms with Crippen LogP contribution in [-0.4, -0.2) is 20.7 Å². The monoisotopic (exact) mass is 331 g/mol. The fourth-order valence-corrected chi connectivity index (χ4v) is 2.66. The zero-order chi connectivity index (χ0) is 16.8. The van der Waals surface area contributed by atoms with Gasteiger partial charge in [-0.15, -0.1) is 0 Å². The minimum absolute atomic E-state index is 0.168. The molecule has 1 aromatic carbocycles. The molecule has 6 heteroatoms. The highest BCUT2D eigenvalue weighted by Crippen LogP contribution is 2.33. The van der Waals surface area contributed by atoms with Crippen LogP contribution in [0.4, 0.5) is 0 Å². The molecular weight excluding hydrogens is 314 g/mol. The number of hydrogen-bond donors (Lipinski definition) is 0. The fourth-order valence-electron chi connectivity index (χ4n) is 2.49. The summed E-state index contributed by atoms with van der Waals surface area (Å²) in [5.41, 5.74) is 3.15. The predicted molar refractivity (Wildman–Crippen MR) is 89.9 cm³/mol. The van der Waals surface area contributed by atoms with Gasteiger partial charge < -0.3 is 9.26 Å². The Morgan fingerprint density at radius 1 is 1.13 bits per heavy atom. The van der Waals surface area contributed by atoms with Crippen molar-refractivity contribution in [3.63, 3.8) is 0 Å². The molecule has 0 saturated carbocycles. The standard InChI is InChI=1S/C17H18ClN3O2/c1-9-14(10(2)23-21-9)11-6-7-13-12(8-11)15(20-16(18)19-13)22-17(3,4)5/h6-8H,1-5H3. The number of benzene rings is 1. The molecule has 0 aliphatic heterocycles. The molecule has 5 nitrogen and oxygen atoms in total. The van der Waals surface area contributed by atoms with Gasteiger partial charge >= 0.3 is 0 Å². The first-order chi connectivity index (χ1) is 10.7. The van der Waals surface area contributed by atoms with Gasteiger partial charge in [-0.1, -0.05) is 11.2 Å². The summed E-state index contributed by atoms with van der Waals surface area (Å²) < 4.78 is 11.2. The molecule has 0 spiro atoms. The SMILES string of the molecule is Cc1noc(C)c1-c1ccc2nc(Cl)nc(OC(C)(C)C)c2c1. The number of ether oxygens (including phenoxy) is 1. The minimum atomic E-state index is -0.385. The molecule has 3 aromatic rings. The maximum Gasteiger partial charge on any atom is 0.226 e. The molecule has 0 amide bonds. The predicted octanol–water partition coefficient (Wildman–Crippen LogP) is 4.73. The molecule has 0 fully saturated rings. The zero-order valence-electron chi connectivity index (χ0n) is 13.8. The maximum absolute atomic E-state index is 6.02. The molecule has 0 aliphatic carbocycles. The van der Waals surface area contributed by atoms with Crippen LogP contribution in [-0.2, 0) is 0 Å². The number of rotatable bonds is 2. The van der Waals surface area contributed by atoms with E-state index in [2.05, 4.69) is 15.1 Å². The van der Waals surface area contributed by atoms with E-state index in [1.54, 1.807) is 0 Å². The quantitative estimate of drug-likeness (QED) is 0.635. The molecule has 3 rings (SSSR count). The van der Waals surface area contributed by atoms with Crippen molar-refractivity contribution in [3.05, 3.63) is 34.9 Å². The maximum atomic E-state index is 6.02. The van der Waals surface area contributed by atoms with E-state index in [0.717, 1.165) is 33.5 Å². The Morgan fingerprint density at radius 2 is 1.87 bits per heavy atom. The van der Waals surface area contributed by atoms with Gasteiger partial charge in [0.1, 0.15) is 11.4 Å². The Bertz CT molecular complexity index is 862. The van der Waals surface area contributed by atoms with Crippen LogP contribution >= 0.6 is 11.6 Å². The highest BCUT2D eigenvalue weighted by molar-refractivity contribution is 6.28. The summed E-state index contributed by atoms with van der Waals surface area (Å²) in [6, 6.07) is 5.86. The van der Waals surface area contributed by atoms with Crippen molar-refractivity contribution in [1.82, 2.24) is 15.1 Å². The van der Waals surface area contributed by atoms with Crippen molar-refractivity contribution < 1.29 is 9.26 Å². The van der Waals surface area contributed by atoms with Crippen LogP contribution in [0, 0.1) is 13.8 Å². The summed E-state index contributed by atoms with van der Waals surface area (Å²) >= 11 is 6.02. The van der Waals surface area contributed by atoms with Crippen molar-refractivity contribution in [3.8, 4) is 17.0 Å². The second-order valence-corrected chi connectivity index (χ2v) is 6.78. The van der Waals surface area contributed by atoms with E-state index in [4.69, 9.17) is 20.9 Å². The van der Waals surface area contributed by atoms with E-state index in [1.807, 2.05) is 52.8 Å². The van der Waals surface area contributed by atoms with Gasteiger partial charge in [-0.3, -0.25) is 0 Å². The van der Waals surface area contributed by atoms with Crippen LogP contribution in [0.2, 0.25) is 5.28 Å². The smallest absolute Gasteiger partial charge is 0.226 e. The summed E-state index contributed by atoms with van der Waals surface area (Å²) in [4.78, 5) is 8.52. The number of nitrogens with zero attached hydrogens (tertiary/aromatic N) is 3. The second-order valence-electron chi connectivity index (χ2n) is 6.44. The van der Waals surface area contributed by atoms with E-state index in [-0.39, 0.29) is 10.9 Å². The van der Waals surface area contributed by atoms with E-state index in [1.165, 1.54) is 0 Å². The zero-order valence-corrected chi connectivity index (χ0v) is 14.5. The Hall–Kier alpha value is -2.14. The third-order valence-corrected chi connectivity index (χ3v) is 3.53. The van der Waals surface area contributed by atoms with E-state index < -0.39 is 0 Å². The molecular formula is C17H18ClN3O2. The van der Waals surface area contributed by atoms with E-state index in [9.17, 15) is 0 Å². The number of fused-ring (bicyclic) bond motifs is 1. The van der Waals surface area contributed by atoms with Gasteiger partial charge in [-0.2, -0.15) is 4.98 Å². The van der Waals surface area contributed by atoms with Gasteiger partial charge in [-0.05, 0) is 63.9 Å². The van der Waals surface area contributed by atoms with Gasteiger partial charge in [-0.25, -0.2) is 4.98 Å². The first-order valence-electron chi connectivity index (χ1n) is 7.34. The molecule has 120 valence electrons. The Kier molecular flexibility index (Phi) is 3.76. The lowest BCUT2D eigenvalue weighted by atomic mass is 10.0. The third-order valence-electron chi connectivity index (χ3n) is 3.36. The van der Waals surface area contributed by atoms with Gasteiger partial charge in [0, 0.05) is 5.56 Å². The molecule has 0 unspecified atom stereocenters. The van der Waals surface area contributed by atoms with Crippen molar-refractivity contribution >= 4 is 22.5 Å². The van der Waals surface area contributed by atoms with Crippen molar-refractivity contribution in [2.24, 2.45) is 0 Å². The summed E-state index contributed by atoms with van der Waals surface area (Å²) in [6.07, 6.45) is 0. The molecule has 0 radical (unpaired) electrons. The molecule has 23 heavy (non-hydrogen) atoms. The molecule has 2 heterocycles. The lowest BCUT2D eigenvalue weighted by Crippen LogP contribution is -2.23. The average Bonchev–Trinajstić information content (AvgIpc) is 2.76. The second kappa shape index (κ2) is 5.49. The Balaban J connectivity index is 2.22. The van der Waals surface area contributed by atoms with Crippen LogP contribution in [0.25, 0.3) is 22.0 Å². The number of hydrogen-bond acceptors (Lipinski definition) is 5. The summed E-state index contributed by atoms with van der Waals surface area (Å²) in [7, 11) is 0. The van der Waals surface area contributed by atoms with Crippen LogP contribution in [0.5, 0.6) is 5.88 Å². The normalized spacial score (nSPS) is 11.9. The van der Waals surface area contributed by atoms with Crippen LogP contribution < -0.4 is 4.74 Å². The molecule has 0 aliphatic rings. The fraction of sp³-hybridized carbons (Fsp3) is 0.353. The van der Waals surface area contributed by atoms with Crippen molar-refractivity contribution in [2.75, 3.05) is 0 Å². The highest BCUT2D eigenvalue weighted by Gasteiger charge is 2.18. The van der Waals surface area contributed by atoms with Crippen LogP contribution in [0.3, 0.4) is 0 Å². The molecule has 2 aromatic heterocycles. The van der Waals surface area contributed by atoms with Crippen LogP contribution in [0.1, 0.15) is 32.2 Å². The molecule has 0 saturated heterocycles. The highest BCUT2D eigenvalue weighted by atomic mass is 35.5. The number of aromatic nitrogens is 3. The topological polar surface area (TPSA) is 61.0 Å². The number of halogens is 1. The summed E-state index contributed by atoms with van der Waals surface area (Å²) in [5.74, 6) is 1.25. The van der Waals surface area contributed by atoms with E-state index >= 15 is 0 Å². The Morgan fingerprint density at radius 3 is 2.48 bits per heavy atom. The lowest BCUT2D eigenvalue weighted by Gasteiger charge is -2.21. The van der Waals surface area contributed by atoms with Gasteiger partial charge in [0.05, 0.1) is 16.6 Å². The van der Waals surface area contributed by atoms with Crippen molar-refractivity contribution in [1.29, 1.82) is 0 Å². The Labute approximate surface area is 139 Å². The van der Waals surface area contributed by atoms with Crippen LogP contribution in [0.15, 0.2) is 22.7 Å². The molecule has 0 atom stereocenters. The number of aryl methyl sites for hydroxylation is 2. The van der Waals surface area contributed by atoms with Gasteiger partial charge in [0.2, 0.25) is 11.2 Å². The third kappa shape index (κ3) is 3.15. The summed E-state index contributed by atoms with van der Waals surface area (Å²) in [5, 5.41) is 4.99. The first-order valence-corrected chi connectivity index (χ1v) is 7.72.